The number of carboxylic acid groups (broad SMARTS) is 1. The summed E-state index contributed by atoms with van der Waals surface area (Å²) in [6, 6.07) is 21.5. The lowest BCUT2D eigenvalue weighted by molar-refractivity contribution is -0.131. The zero-order valence-electron chi connectivity index (χ0n) is 23.7. The van der Waals surface area contributed by atoms with Crippen molar-refractivity contribution in [1.82, 2.24) is 14.7 Å². The molecule has 0 aliphatic heterocycles. The molecule has 0 atom stereocenters. The molecule has 5 rings (SSSR count). The standard InChI is InChI=1S/C33H34N4O5/c1-33(2,32(42)34-24-17-13-22(14-18-24)15-20-29(38)39)35-30(40)23-16-19-28-27(21-23)31(41)37(26-11-7-4-8-12-26)36(28)25-9-5-3-6-10-25/h4,7-8,11-21,25H,3,5-6,9-10H2,1-2H3,(H,34,42)(H,35,40)(H,38,39)/b20-15+. The first-order valence-corrected chi connectivity index (χ1v) is 14.1. The number of hydrogen-bond donors (Lipinski definition) is 3. The average Bonchev–Trinajstić information content (AvgIpc) is 3.28. The summed E-state index contributed by atoms with van der Waals surface area (Å²) >= 11 is 0. The molecule has 216 valence electrons. The number of para-hydroxylation sites is 1. The highest BCUT2D eigenvalue weighted by atomic mass is 16.4. The molecule has 3 N–H and O–H groups in total. The van der Waals surface area contributed by atoms with Crippen LogP contribution in [0.5, 0.6) is 0 Å². The van der Waals surface area contributed by atoms with Gasteiger partial charge in [-0.1, -0.05) is 49.6 Å². The van der Waals surface area contributed by atoms with Crippen LogP contribution in [0.15, 0.2) is 83.7 Å². The molecule has 1 aliphatic rings. The lowest BCUT2D eigenvalue weighted by Crippen LogP contribution is -2.52. The van der Waals surface area contributed by atoms with Crippen molar-refractivity contribution in [1.29, 1.82) is 0 Å². The number of carbonyl (C=O) groups excluding carboxylic acids is 2. The molecular weight excluding hydrogens is 532 g/mol. The first kappa shape index (κ1) is 28.6. The van der Waals surface area contributed by atoms with Gasteiger partial charge in [-0.15, -0.1) is 0 Å². The van der Waals surface area contributed by atoms with E-state index in [0.29, 0.717) is 16.6 Å². The number of rotatable bonds is 8. The summed E-state index contributed by atoms with van der Waals surface area (Å²) in [5, 5.41) is 14.8. The van der Waals surface area contributed by atoms with Crippen LogP contribution in [0.2, 0.25) is 0 Å². The van der Waals surface area contributed by atoms with E-state index in [1.165, 1.54) is 12.5 Å². The van der Waals surface area contributed by atoms with E-state index in [0.717, 1.165) is 43.0 Å². The van der Waals surface area contributed by atoms with Crippen LogP contribution < -0.4 is 16.2 Å². The fraction of sp³-hybridized carbons (Fsp3) is 0.273. The van der Waals surface area contributed by atoms with E-state index in [1.807, 2.05) is 36.4 Å². The van der Waals surface area contributed by atoms with Crippen molar-refractivity contribution in [3.8, 4) is 5.69 Å². The van der Waals surface area contributed by atoms with Crippen LogP contribution in [-0.4, -0.2) is 37.8 Å². The van der Waals surface area contributed by atoms with Crippen molar-refractivity contribution >= 4 is 40.4 Å². The summed E-state index contributed by atoms with van der Waals surface area (Å²) in [5.41, 5.74) is 1.56. The van der Waals surface area contributed by atoms with Crippen LogP contribution in [0.1, 0.15) is 67.9 Å². The molecule has 9 heteroatoms. The predicted octanol–water partition coefficient (Wildman–Crippen LogP) is 5.54. The Balaban J connectivity index is 1.38. The van der Waals surface area contributed by atoms with Crippen molar-refractivity contribution in [3.05, 3.63) is 100 Å². The highest BCUT2D eigenvalue weighted by Gasteiger charge is 2.31. The van der Waals surface area contributed by atoms with Gasteiger partial charge in [0.1, 0.15) is 5.54 Å². The second-order valence-electron chi connectivity index (χ2n) is 11.1. The van der Waals surface area contributed by atoms with Crippen LogP contribution in [0.4, 0.5) is 5.69 Å². The van der Waals surface area contributed by atoms with E-state index in [1.54, 1.807) is 54.9 Å². The van der Waals surface area contributed by atoms with Gasteiger partial charge >= 0.3 is 5.97 Å². The van der Waals surface area contributed by atoms with Crippen molar-refractivity contribution < 1.29 is 19.5 Å². The van der Waals surface area contributed by atoms with Gasteiger partial charge in [-0.25, -0.2) is 9.48 Å². The van der Waals surface area contributed by atoms with Gasteiger partial charge in [0.25, 0.3) is 11.5 Å². The monoisotopic (exact) mass is 566 g/mol. The molecule has 9 nitrogen and oxygen atoms in total. The quantitative estimate of drug-likeness (QED) is 0.242. The first-order valence-electron chi connectivity index (χ1n) is 14.1. The molecule has 0 radical (unpaired) electrons. The maximum atomic E-state index is 13.8. The van der Waals surface area contributed by atoms with E-state index in [4.69, 9.17) is 5.11 Å². The molecule has 0 bridgehead atoms. The SMILES string of the molecule is CC(C)(NC(=O)c1ccc2c(c1)c(=O)n(-c1ccccc1)n2C1CCCCC1)C(=O)Nc1ccc(/C=C/C(=O)O)cc1. The van der Waals surface area contributed by atoms with Crippen molar-refractivity contribution in [3.63, 3.8) is 0 Å². The minimum absolute atomic E-state index is 0.185. The number of carbonyl (C=O) groups is 3. The van der Waals surface area contributed by atoms with Crippen LogP contribution in [0, 0.1) is 0 Å². The fourth-order valence-electron chi connectivity index (χ4n) is 5.41. The van der Waals surface area contributed by atoms with Crippen LogP contribution >= 0.6 is 0 Å². The van der Waals surface area contributed by atoms with E-state index in [-0.39, 0.29) is 17.2 Å². The second kappa shape index (κ2) is 11.9. The molecule has 0 spiro atoms. The number of anilines is 1. The Morgan fingerprint density at radius 1 is 0.929 bits per heavy atom. The Kier molecular flexibility index (Phi) is 8.10. The number of aliphatic carboxylic acids is 1. The number of benzene rings is 3. The number of aromatic nitrogens is 2. The maximum absolute atomic E-state index is 13.8. The zero-order chi connectivity index (χ0) is 29.9. The number of hydrogen-bond acceptors (Lipinski definition) is 4. The molecule has 1 saturated carbocycles. The van der Waals surface area contributed by atoms with Gasteiger partial charge in [-0.05, 0) is 80.8 Å². The zero-order valence-corrected chi connectivity index (χ0v) is 23.7. The van der Waals surface area contributed by atoms with E-state index >= 15 is 0 Å². The van der Waals surface area contributed by atoms with Gasteiger partial charge in [0.05, 0.1) is 22.6 Å². The normalized spacial score (nSPS) is 14.2. The molecule has 1 fully saturated rings. The smallest absolute Gasteiger partial charge is 0.328 e. The number of fused-ring (bicyclic) bond motifs is 1. The van der Waals surface area contributed by atoms with Crippen molar-refractivity contribution in [2.45, 2.75) is 57.5 Å². The largest absolute Gasteiger partial charge is 0.478 e. The first-order chi connectivity index (χ1) is 20.1. The molecule has 2 amide bonds. The average molecular weight is 567 g/mol. The molecular formula is C33H34N4O5. The van der Waals surface area contributed by atoms with E-state index in [9.17, 15) is 19.2 Å². The molecule has 3 aromatic carbocycles. The predicted molar refractivity (Wildman–Crippen MR) is 163 cm³/mol. The van der Waals surface area contributed by atoms with Crippen LogP contribution in [-0.2, 0) is 9.59 Å². The molecule has 1 heterocycles. The Morgan fingerprint density at radius 3 is 2.29 bits per heavy atom. The molecule has 1 aliphatic carbocycles. The van der Waals surface area contributed by atoms with Gasteiger partial charge in [-0.2, -0.15) is 0 Å². The van der Waals surface area contributed by atoms with E-state index in [2.05, 4.69) is 15.3 Å². The fourth-order valence-corrected chi connectivity index (χ4v) is 5.41. The maximum Gasteiger partial charge on any atom is 0.328 e. The third-order valence-corrected chi connectivity index (χ3v) is 7.65. The Morgan fingerprint density at radius 2 is 1.62 bits per heavy atom. The lowest BCUT2D eigenvalue weighted by Gasteiger charge is -2.27. The number of carboxylic acids is 1. The van der Waals surface area contributed by atoms with Crippen molar-refractivity contribution in [2.75, 3.05) is 5.32 Å². The Bertz CT molecular complexity index is 1710. The molecule has 4 aromatic rings. The molecule has 42 heavy (non-hydrogen) atoms. The number of nitrogens with zero attached hydrogens (tertiary/aromatic N) is 2. The van der Waals surface area contributed by atoms with Gasteiger partial charge in [0.15, 0.2) is 0 Å². The van der Waals surface area contributed by atoms with Gasteiger partial charge in [0.2, 0.25) is 5.91 Å². The lowest BCUT2D eigenvalue weighted by atomic mass is 9.95. The summed E-state index contributed by atoms with van der Waals surface area (Å²) in [4.78, 5) is 50.9. The van der Waals surface area contributed by atoms with Crippen LogP contribution in [0.25, 0.3) is 22.7 Å². The van der Waals surface area contributed by atoms with Gasteiger partial charge < -0.3 is 15.7 Å². The number of amides is 2. The van der Waals surface area contributed by atoms with Gasteiger partial charge in [0, 0.05) is 17.3 Å². The minimum atomic E-state index is -1.27. The molecule has 0 saturated heterocycles. The van der Waals surface area contributed by atoms with E-state index < -0.39 is 23.3 Å². The summed E-state index contributed by atoms with van der Waals surface area (Å²) in [6.45, 7) is 3.20. The highest BCUT2D eigenvalue weighted by molar-refractivity contribution is 6.04. The van der Waals surface area contributed by atoms with Crippen molar-refractivity contribution in [2.24, 2.45) is 0 Å². The summed E-state index contributed by atoms with van der Waals surface area (Å²) in [7, 11) is 0. The molecule has 1 aromatic heterocycles. The Hall–Kier alpha value is -4.92. The molecule has 0 unspecified atom stereocenters. The third kappa shape index (κ3) is 6.05. The highest BCUT2D eigenvalue weighted by Crippen LogP contribution is 2.32. The Labute approximate surface area is 243 Å². The summed E-state index contributed by atoms with van der Waals surface area (Å²) < 4.78 is 3.82. The van der Waals surface area contributed by atoms with Crippen LogP contribution in [0.3, 0.4) is 0 Å². The summed E-state index contributed by atoms with van der Waals surface area (Å²) in [5.74, 6) is -1.95. The second-order valence-corrected chi connectivity index (χ2v) is 11.1. The topological polar surface area (TPSA) is 122 Å². The number of nitrogens with one attached hydrogen (secondary N) is 2. The van der Waals surface area contributed by atoms with Gasteiger partial charge in [-0.3, -0.25) is 19.1 Å². The summed E-state index contributed by atoms with van der Waals surface area (Å²) in [6.07, 6.45) is 7.87. The minimum Gasteiger partial charge on any atom is -0.478 e. The third-order valence-electron chi connectivity index (χ3n) is 7.65.